The summed E-state index contributed by atoms with van der Waals surface area (Å²) in [6.45, 7) is 6.59. The van der Waals surface area contributed by atoms with Gasteiger partial charge in [0, 0.05) is 17.5 Å². The van der Waals surface area contributed by atoms with Gasteiger partial charge < -0.3 is 9.47 Å². The van der Waals surface area contributed by atoms with Crippen molar-refractivity contribution in [2.24, 2.45) is 0 Å². The molecule has 1 heterocycles. The Bertz CT molecular complexity index is 1130. The van der Waals surface area contributed by atoms with E-state index in [2.05, 4.69) is 25.8 Å². The monoisotopic (exact) mass is 558 g/mol. The van der Waals surface area contributed by atoms with Gasteiger partial charge in [0.25, 0.3) is 0 Å². The van der Waals surface area contributed by atoms with Crippen molar-refractivity contribution >= 4 is 5.97 Å². The highest BCUT2D eigenvalue weighted by atomic mass is 16.5. The minimum Gasteiger partial charge on any atom is -0.491 e. The lowest BCUT2D eigenvalue weighted by Gasteiger charge is -2.15. The van der Waals surface area contributed by atoms with E-state index in [4.69, 9.17) is 14.5 Å². The molecule has 0 saturated heterocycles. The summed E-state index contributed by atoms with van der Waals surface area (Å²) in [6.07, 6.45) is 20.7. The first-order valence-electron chi connectivity index (χ1n) is 16.0. The third-order valence-corrected chi connectivity index (χ3v) is 7.46. The zero-order chi connectivity index (χ0) is 29.1. The van der Waals surface area contributed by atoms with E-state index in [1.807, 2.05) is 36.5 Å². The topological polar surface area (TPSA) is 61.3 Å². The number of carbonyl (C=O) groups excluding carboxylic acids is 1. The molecule has 0 spiro atoms. The molecule has 1 aromatic heterocycles. The van der Waals surface area contributed by atoms with Gasteiger partial charge in [0.15, 0.2) is 5.82 Å². The Kier molecular flexibility index (Phi) is 15.0. The molecule has 0 amide bonds. The standard InChI is InChI=1S/C36H50N2O3/c1-4-6-8-10-11-12-14-16-18-32-27-28-37-35(38-32)30-19-23-34(24-20-30)41-36(39)31-21-25-33(26-22-31)40-29(3)17-15-13-9-7-5-2/h19-29H,4-18H2,1-3H3/t29-/m0/s1. The normalized spacial score (nSPS) is 11.8. The van der Waals surface area contributed by atoms with Crippen LogP contribution in [0.1, 0.15) is 127 Å². The lowest BCUT2D eigenvalue weighted by molar-refractivity contribution is 0.0734. The van der Waals surface area contributed by atoms with Gasteiger partial charge in [-0.25, -0.2) is 14.8 Å². The molecule has 222 valence electrons. The van der Waals surface area contributed by atoms with E-state index in [0.29, 0.717) is 17.1 Å². The first-order chi connectivity index (χ1) is 20.1. The number of hydrogen-bond acceptors (Lipinski definition) is 5. The van der Waals surface area contributed by atoms with E-state index in [9.17, 15) is 4.79 Å². The minimum atomic E-state index is -0.392. The molecule has 41 heavy (non-hydrogen) atoms. The maximum atomic E-state index is 12.7. The Labute approximate surface area is 248 Å². The quantitative estimate of drug-likeness (QED) is 0.0784. The van der Waals surface area contributed by atoms with Crippen LogP contribution in [0.5, 0.6) is 11.5 Å². The van der Waals surface area contributed by atoms with Crippen LogP contribution >= 0.6 is 0 Å². The highest BCUT2D eigenvalue weighted by Crippen LogP contribution is 2.22. The maximum absolute atomic E-state index is 12.7. The van der Waals surface area contributed by atoms with E-state index in [1.54, 1.807) is 24.3 Å². The molecule has 1 atom stereocenters. The number of hydrogen-bond donors (Lipinski definition) is 0. The number of unbranched alkanes of at least 4 members (excludes halogenated alkanes) is 11. The van der Waals surface area contributed by atoms with Crippen molar-refractivity contribution in [3.8, 4) is 22.9 Å². The number of rotatable bonds is 20. The Morgan fingerprint density at radius 2 is 1.29 bits per heavy atom. The summed E-state index contributed by atoms with van der Waals surface area (Å²) in [7, 11) is 0. The molecule has 0 aliphatic carbocycles. The summed E-state index contributed by atoms with van der Waals surface area (Å²) < 4.78 is 11.6. The maximum Gasteiger partial charge on any atom is 0.343 e. The van der Waals surface area contributed by atoms with Crippen LogP contribution in [0.15, 0.2) is 60.8 Å². The van der Waals surface area contributed by atoms with E-state index in [0.717, 1.165) is 36.3 Å². The Hall–Kier alpha value is -3.21. The molecule has 0 radical (unpaired) electrons. The van der Waals surface area contributed by atoms with E-state index in [-0.39, 0.29) is 6.10 Å². The first kappa shape index (κ1) is 32.3. The molecule has 3 rings (SSSR count). The van der Waals surface area contributed by atoms with Crippen LogP contribution in [0.3, 0.4) is 0 Å². The average molecular weight is 559 g/mol. The fourth-order valence-electron chi connectivity index (χ4n) is 4.95. The molecule has 0 aliphatic rings. The second-order valence-electron chi connectivity index (χ2n) is 11.2. The number of aromatic nitrogens is 2. The van der Waals surface area contributed by atoms with Crippen LogP contribution in [0.4, 0.5) is 0 Å². The Morgan fingerprint density at radius 3 is 1.95 bits per heavy atom. The predicted octanol–water partition coefficient (Wildman–Crippen LogP) is 10.2. The van der Waals surface area contributed by atoms with Crippen LogP contribution in [0, 0.1) is 0 Å². The van der Waals surface area contributed by atoms with E-state index < -0.39 is 5.97 Å². The highest BCUT2D eigenvalue weighted by molar-refractivity contribution is 5.91. The average Bonchev–Trinajstić information content (AvgIpc) is 2.99. The molecule has 2 aromatic carbocycles. The van der Waals surface area contributed by atoms with Crippen LogP contribution in [-0.2, 0) is 6.42 Å². The molecule has 0 fully saturated rings. The fraction of sp³-hybridized carbons (Fsp3) is 0.528. The van der Waals surface area contributed by atoms with Crippen molar-refractivity contribution in [1.29, 1.82) is 0 Å². The molecule has 0 saturated carbocycles. The summed E-state index contributed by atoms with van der Waals surface area (Å²) in [5, 5.41) is 0. The van der Waals surface area contributed by atoms with Gasteiger partial charge >= 0.3 is 5.97 Å². The van der Waals surface area contributed by atoms with Crippen molar-refractivity contribution in [3.05, 3.63) is 72.1 Å². The van der Waals surface area contributed by atoms with Crippen molar-refractivity contribution in [3.63, 3.8) is 0 Å². The minimum absolute atomic E-state index is 0.155. The second kappa shape index (κ2) is 19.0. The SMILES string of the molecule is CCCCCCCCCCc1ccnc(-c2ccc(OC(=O)c3ccc(O[C@@H](C)CCCCCCC)cc3)cc2)n1. The number of nitrogens with zero attached hydrogens (tertiary/aromatic N) is 2. The van der Waals surface area contributed by atoms with Gasteiger partial charge in [-0.1, -0.05) is 84.5 Å². The number of carbonyl (C=O) groups is 1. The van der Waals surface area contributed by atoms with Crippen molar-refractivity contribution < 1.29 is 14.3 Å². The summed E-state index contributed by atoms with van der Waals surface area (Å²) in [5.74, 6) is 1.57. The van der Waals surface area contributed by atoms with Crippen LogP contribution in [0.25, 0.3) is 11.4 Å². The summed E-state index contributed by atoms with van der Waals surface area (Å²) >= 11 is 0. The molecule has 3 aromatic rings. The van der Waals surface area contributed by atoms with Gasteiger partial charge in [-0.05, 0) is 87.2 Å². The number of ether oxygens (including phenoxy) is 2. The third kappa shape index (κ3) is 12.5. The van der Waals surface area contributed by atoms with Gasteiger partial charge in [-0.2, -0.15) is 0 Å². The zero-order valence-corrected chi connectivity index (χ0v) is 25.6. The van der Waals surface area contributed by atoms with Crippen molar-refractivity contribution in [2.45, 2.75) is 123 Å². The molecule has 0 unspecified atom stereocenters. The molecule has 0 bridgehead atoms. The molecule has 0 aliphatic heterocycles. The lowest BCUT2D eigenvalue weighted by atomic mass is 10.1. The largest absolute Gasteiger partial charge is 0.491 e. The smallest absolute Gasteiger partial charge is 0.343 e. The third-order valence-electron chi connectivity index (χ3n) is 7.46. The molecule has 5 nitrogen and oxygen atoms in total. The van der Waals surface area contributed by atoms with Gasteiger partial charge in [0.05, 0.1) is 11.7 Å². The molecular weight excluding hydrogens is 508 g/mol. The molecular formula is C36H50N2O3. The van der Waals surface area contributed by atoms with Gasteiger partial charge in [0.2, 0.25) is 0 Å². The Morgan fingerprint density at radius 1 is 0.707 bits per heavy atom. The summed E-state index contributed by atoms with van der Waals surface area (Å²) in [6, 6.07) is 16.6. The molecule has 5 heteroatoms. The van der Waals surface area contributed by atoms with E-state index in [1.165, 1.54) is 77.0 Å². The van der Waals surface area contributed by atoms with E-state index >= 15 is 0 Å². The van der Waals surface area contributed by atoms with Gasteiger partial charge in [-0.15, -0.1) is 0 Å². The van der Waals surface area contributed by atoms with Gasteiger partial charge in [-0.3, -0.25) is 0 Å². The first-order valence-corrected chi connectivity index (χ1v) is 16.0. The lowest BCUT2D eigenvalue weighted by Crippen LogP contribution is -2.12. The highest BCUT2D eigenvalue weighted by Gasteiger charge is 2.11. The van der Waals surface area contributed by atoms with Crippen molar-refractivity contribution in [2.75, 3.05) is 0 Å². The van der Waals surface area contributed by atoms with Crippen LogP contribution < -0.4 is 9.47 Å². The predicted molar refractivity (Wildman–Crippen MR) is 169 cm³/mol. The van der Waals surface area contributed by atoms with Crippen LogP contribution in [0.2, 0.25) is 0 Å². The Balaban J connectivity index is 1.43. The number of benzene rings is 2. The summed E-state index contributed by atoms with van der Waals surface area (Å²) in [5.41, 5.74) is 2.47. The number of esters is 1. The number of aryl methyl sites for hydroxylation is 1. The second-order valence-corrected chi connectivity index (χ2v) is 11.2. The molecule has 0 N–H and O–H groups in total. The summed E-state index contributed by atoms with van der Waals surface area (Å²) in [4.78, 5) is 21.9. The fourth-order valence-corrected chi connectivity index (χ4v) is 4.95. The zero-order valence-electron chi connectivity index (χ0n) is 25.6. The van der Waals surface area contributed by atoms with Crippen LogP contribution in [-0.4, -0.2) is 22.0 Å². The van der Waals surface area contributed by atoms with Crippen molar-refractivity contribution in [1.82, 2.24) is 9.97 Å². The van der Waals surface area contributed by atoms with Gasteiger partial charge in [0.1, 0.15) is 11.5 Å².